The van der Waals surface area contributed by atoms with Crippen molar-refractivity contribution in [1.29, 1.82) is 0 Å². The van der Waals surface area contributed by atoms with Crippen molar-refractivity contribution in [2.45, 2.75) is 20.0 Å². The van der Waals surface area contributed by atoms with Gasteiger partial charge in [0, 0.05) is 30.5 Å². The molecule has 1 aromatic carbocycles. The van der Waals surface area contributed by atoms with Gasteiger partial charge in [-0.25, -0.2) is 4.98 Å². The highest BCUT2D eigenvalue weighted by atomic mass is 16.5. The molecule has 0 bridgehead atoms. The van der Waals surface area contributed by atoms with E-state index in [1.807, 2.05) is 30.3 Å². The molecular weight excluding hydrogens is 292 g/mol. The number of nitrogens with zero attached hydrogens (tertiary/aromatic N) is 2. The molecule has 2 aromatic heterocycles. The zero-order valence-electron chi connectivity index (χ0n) is 12.9. The third-order valence-electron chi connectivity index (χ3n) is 3.72. The number of rotatable bonds is 5. The van der Waals surface area contributed by atoms with Crippen LogP contribution in [0.2, 0.25) is 0 Å². The van der Waals surface area contributed by atoms with E-state index in [1.165, 1.54) is 4.40 Å². The Kier molecular flexibility index (Phi) is 4.39. The molecular formula is C18H18N2O3. The molecule has 0 spiro atoms. The summed E-state index contributed by atoms with van der Waals surface area (Å²) < 4.78 is 7.31. The number of aliphatic hydroxyl groups is 1. The van der Waals surface area contributed by atoms with Crippen LogP contribution in [0.25, 0.3) is 5.65 Å². The maximum absolute atomic E-state index is 12.5. The number of fused-ring (bicyclic) bond motifs is 1. The van der Waals surface area contributed by atoms with E-state index < -0.39 is 0 Å². The standard InChI is InChI=1S/C18H18N2O3/c1-13-15(9-11-21)18(22)20-10-5-8-16(17(20)19-13)23-12-14-6-3-2-4-7-14/h2-8,10,21H,9,11-12H2,1H3. The van der Waals surface area contributed by atoms with Crippen LogP contribution in [0.5, 0.6) is 5.75 Å². The van der Waals surface area contributed by atoms with E-state index in [1.54, 1.807) is 25.3 Å². The average molecular weight is 310 g/mol. The zero-order valence-corrected chi connectivity index (χ0v) is 12.9. The van der Waals surface area contributed by atoms with Crippen molar-refractivity contribution in [2.75, 3.05) is 6.61 Å². The molecule has 0 aliphatic rings. The number of ether oxygens (including phenoxy) is 1. The van der Waals surface area contributed by atoms with E-state index in [2.05, 4.69) is 4.98 Å². The van der Waals surface area contributed by atoms with Gasteiger partial charge in [0.15, 0.2) is 11.4 Å². The largest absolute Gasteiger partial charge is 0.485 e. The molecule has 0 aliphatic carbocycles. The molecule has 5 nitrogen and oxygen atoms in total. The van der Waals surface area contributed by atoms with E-state index in [-0.39, 0.29) is 12.2 Å². The van der Waals surface area contributed by atoms with Gasteiger partial charge in [-0.1, -0.05) is 30.3 Å². The first kappa shape index (κ1) is 15.2. The van der Waals surface area contributed by atoms with Crippen molar-refractivity contribution < 1.29 is 9.84 Å². The molecule has 23 heavy (non-hydrogen) atoms. The van der Waals surface area contributed by atoms with Crippen LogP contribution in [0.3, 0.4) is 0 Å². The van der Waals surface area contributed by atoms with Crippen molar-refractivity contribution in [3.8, 4) is 5.75 Å². The first-order valence-electron chi connectivity index (χ1n) is 7.49. The summed E-state index contributed by atoms with van der Waals surface area (Å²) in [7, 11) is 0. The second kappa shape index (κ2) is 6.62. The fourth-order valence-corrected chi connectivity index (χ4v) is 2.53. The number of hydrogen-bond donors (Lipinski definition) is 1. The maximum atomic E-state index is 12.5. The third-order valence-corrected chi connectivity index (χ3v) is 3.72. The van der Waals surface area contributed by atoms with Crippen molar-refractivity contribution in [1.82, 2.24) is 9.38 Å². The number of aliphatic hydroxyl groups excluding tert-OH is 1. The van der Waals surface area contributed by atoms with E-state index in [9.17, 15) is 4.79 Å². The smallest absolute Gasteiger partial charge is 0.261 e. The normalized spacial score (nSPS) is 10.9. The fraction of sp³-hybridized carbons (Fsp3) is 0.222. The van der Waals surface area contributed by atoms with Crippen molar-refractivity contribution in [3.63, 3.8) is 0 Å². The summed E-state index contributed by atoms with van der Waals surface area (Å²) >= 11 is 0. The van der Waals surface area contributed by atoms with Gasteiger partial charge in [0.25, 0.3) is 5.56 Å². The molecule has 5 heteroatoms. The highest BCUT2D eigenvalue weighted by Crippen LogP contribution is 2.19. The minimum Gasteiger partial charge on any atom is -0.485 e. The predicted octanol–water partition coefficient (Wildman–Crippen LogP) is 2.12. The first-order chi connectivity index (χ1) is 11.2. The second-order valence-corrected chi connectivity index (χ2v) is 5.29. The lowest BCUT2D eigenvalue weighted by molar-refractivity contribution is 0.298. The second-order valence-electron chi connectivity index (χ2n) is 5.29. The van der Waals surface area contributed by atoms with E-state index in [4.69, 9.17) is 9.84 Å². The molecule has 0 amide bonds. The van der Waals surface area contributed by atoms with Gasteiger partial charge >= 0.3 is 0 Å². The number of aryl methyl sites for hydroxylation is 1. The van der Waals surface area contributed by atoms with Gasteiger partial charge in [0.1, 0.15) is 6.61 Å². The molecule has 0 saturated carbocycles. The first-order valence-corrected chi connectivity index (χ1v) is 7.49. The summed E-state index contributed by atoms with van der Waals surface area (Å²) in [5.41, 5.74) is 2.54. The van der Waals surface area contributed by atoms with Gasteiger partial charge in [-0.15, -0.1) is 0 Å². The van der Waals surface area contributed by atoms with Crippen LogP contribution in [-0.2, 0) is 13.0 Å². The monoisotopic (exact) mass is 310 g/mol. The Morgan fingerprint density at radius 3 is 2.70 bits per heavy atom. The van der Waals surface area contributed by atoms with Crippen LogP contribution in [-0.4, -0.2) is 21.1 Å². The lowest BCUT2D eigenvalue weighted by Crippen LogP contribution is -2.22. The maximum Gasteiger partial charge on any atom is 0.261 e. The van der Waals surface area contributed by atoms with Gasteiger partial charge in [0.2, 0.25) is 0 Å². The molecule has 0 fully saturated rings. The van der Waals surface area contributed by atoms with E-state index in [0.29, 0.717) is 35.7 Å². The van der Waals surface area contributed by atoms with Crippen LogP contribution in [0, 0.1) is 6.92 Å². The average Bonchev–Trinajstić information content (AvgIpc) is 2.58. The van der Waals surface area contributed by atoms with Crippen molar-refractivity contribution in [2.24, 2.45) is 0 Å². The zero-order chi connectivity index (χ0) is 16.2. The Morgan fingerprint density at radius 2 is 1.96 bits per heavy atom. The SMILES string of the molecule is Cc1nc2c(OCc3ccccc3)cccn2c(=O)c1CCO. The minimum atomic E-state index is -0.160. The lowest BCUT2D eigenvalue weighted by atomic mass is 10.2. The molecule has 1 N–H and O–H groups in total. The third kappa shape index (κ3) is 3.10. The van der Waals surface area contributed by atoms with Gasteiger partial charge in [-0.05, 0) is 24.6 Å². The Balaban J connectivity index is 2.00. The summed E-state index contributed by atoms with van der Waals surface area (Å²) in [6.45, 7) is 2.11. The van der Waals surface area contributed by atoms with Crippen molar-refractivity contribution in [3.05, 3.63) is 75.8 Å². The fourth-order valence-electron chi connectivity index (χ4n) is 2.53. The number of pyridine rings is 1. The summed E-state index contributed by atoms with van der Waals surface area (Å²) in [6, 6.07) is 13.4. The Bertz CT molecular complexity index is 873. The van der Waals surface area contributed by atoms with Gasteiger partial charge in [-0.3, -0.25) is 9.20 Å². The molecule has 0 unspecified atom stereocenters. The van der Waals surface area contributed by atoms with Gasteiger partial charge < -0.3 is 9.84 Å². The van der Waals surface area contributed by atoms with Crippen LogP contribution >= 0.6 is 0 Å². The minimum absolute atomic E-state index is 0.0754. The van der Waals surface area contributed by atoms with Gasteiger partial charge in [-0.2, -0.15) is 0 Å². The number of aromatic nitrogens is 2. The van der Waals surface area contributed by atoms with Crippen LogP contribution < -0.4 is 10.3 Å². The Hall–Kier alpha value is -2.66. The van der Waals surface area contributed by atoms with Crippen LogP contribution in [0.1, 0.15) is 16.8 Å². The number of benzene rings is 1. The molecule has 118 valence electrons. The molecule has 0 atom stereocenters. The molecule has 0 radical (unpaired) electrons. The van der Waals surface area contributed by atoms with E-state index in [0.717, 1.165) is 5.56 Å². The Labute approximate surface area is 133 Å². The topological polar surface area (TPSA) is 63.8 Å². The summed E-state index contributed by atoms with van der Waals surface area (Å²) in [4.78, 5) is 17.0. The Morgan fingerprint density at radius 1 is 1.17 bits per heavy atom. The molecule has 3 aromatic rings. The molecule has 2 heterocycles. The van der Waals surface area contributed by atoms with Crippen LogP contribution in [0.4, 0.5) is 0 Å². The number of hydrogen-bond acceptors (Lipinski definition) is 4. The lowest BCUT2D eigenvalue weighted by Gasteiger charge is -2.12. The van der Waals surface area contributed by atoms with E-state index >= 15 is 0 Å². The highest BCUT2D eigenvalue weighted by Gasteiger charge is 2.12. The van der Waals surface area contributed by atoms with Crippen LogP contribution in [0.15, 0.2) is 53.5 Å². The quantitative estimate of drug-likeness (QED) is 0.784. The van der Waals surface area contributed by atoms with Crippen molar-refractivity contribution >= 4 is 5.65 Å². The van der Waals surface area contributed by atoms with Gasteiger partial charge in [0.05, 0.1) is 0 Å². The molecule has 0 saturated heterocycles. The highest BCUT2D eigenvalue weighted by molar-refractivity contribution is 5.54. The summed E-state index contributed by atoms with van der Waals surface area (Å²) in [6.07, 6.45) is 1.97. The molecule has 3 rings (SSSR count). The summed E-state index contributed by atoms with van der Waals surface area (Å²) in [5, 5.41) is 9.10. The predicted molar refractivity (Wildman–Crippen MR) is 87.8 cm³/mol. The molecule has 0 aliphatic heterocycles. The summed E-state index contributed by atoms with van der Waals surface area (Å²) in [5.74, 6) is 0.562.